The molecule has 2 amide bonds. The second-order valence-corrected chi connectivity index (χ2v) is 7.81. The summed E-state index contributed by atoms with van der Waals surface area (Å²) < 4.78 is 10.8. The number of rotatable bonds is 1. The van der Waals surface area contributed by atoms with Gasteiger partial charge >= 0.3 is 12.2 Å². The fraction of sp³-hybridized carbons (Fsp3) is 0.765. The Morgan fingerprint density at radius 2 is 1.32 bits per heavy atom. The van der Waals surface area contributed by atoms with Crippen LogP contribution in [0.1, 0.15) is 67.2 Å². The highest BCUT2D eigenvalue weighted by atomic mass is 16.6. The van der Waals surface area contributed by atoms with E-state index in [1.54, 1.807) is 41.5 Å². The molecular formula is C17H29NO4. The molecule has 0 saturated heterocycles. The predicted octanol–water partition coefficient (Wildman–Crippen LogP) is 4.66. The first-order valence-electron chi connectivity index (χ1n) is 7.81. The van der Waals surface area contributed by atoms with Crippen molar-refractivity contribution in [2.45, 2.75) is 84.5 Å². The van der Waals surface area contributed by atoms with E-state index in [9.17, 15) is 9.59 Å². The average molecular weight is 311 g/mol. The van der Waals surface area contributed by atoms with Crippen LogP contribution >= 0.6 is 0 Å². The first kappa shape index (κ1) is 18.5. The van der Waals surface area contributed by atoms with Crippen molar-refractivity contribution in [1.82, 2.24) is 4.90 Å². The second-order valence-electron chi connectivity index (χ2n) is 7.81. The van der Waals surface area contributed by atoms with Crippen LogP contribution in [-0.2, 0) is 9.47 Å². The zero-order valence-electron chi connectivity index (χ0n) is 14.7. The van der Waals surface area contributed by atoms with Crippen LogP contribution in [0.3, 0.4) is 0 Å². The van der Waals surface area contributed by atoms with Crippen molar-refractivity contribution in [3.63, 3.8) is 0 Å². The molecular weight excluding hydrogens is 282 g/mol. The fourth-order valence-corrected chi connectivity index (χ4v) is 2.26. The molecule has 1 saturated carbocycles. The van der Waals surface area contributed by atoms with Crippen molar-refractivity contribution in [3.05, 3.63) is 12.2 Å². The largest absolute Gasteiger partial charge is 0.443 e. The van der Waals surface area contributed by atoms with E-state index in [4.69, 9.17) is 9.47 Å². The summed E-state index contributed by atoms with van der Waals surface area (Å²) in [7, 11) is 0. The lowest BCUT2D eigenvalue weighted by Gasteiger charge is -2.35. The third kappa shape index (κ3) is 6.08. The molecule has 0 spiro atoms. The lowest BCUT2D eigenvalue weighted by atomic mass is 9.91. The van der Waals surface area contributed by atoms with Crippen LogP contribution in [0.5, 0.6) is 0 Å². The number of hydrogen-bond acceptors (Lipinski definition) is 4. The van der Waals surface area contributed by atoms with E-state index in [-0.39, 0.29) is 6.04 Å². The van der Waals surface area contributed by atoms with Gasteiger partial charge in [-0.3, -0.25) is 0 Å². The summed E-state index contributed by atoms with van der Waals surface area (Å²) >= 11 is 0. The zero-order valence-corrected chi connectivity index (χ0v) is 14.7. The second kappa shape index (κ2) is 6.71. The number of amides is 2. The number of carbonyl (C=O) groups excluding carboxylic acids is 2. The molecule has 0 bridgehead atoms. The molecule has 22 heavy (non-hydrogen) atoms. The van der Waals surface area contributed by atoms with Gasteiger partial charge in [-0.2, -0.15) is 0 Å². The Hall–Kier alpha value is -1.52. The van der Waals surface area contributed by atoms with Crippen LogP contribution in [-0.4, -0.2) is 34.3 Å². The van der Waals surface area contributed by atoms with E-state index < -0.39 is 23.4 Å². The normalized spacial score (nSPS) is 17.1. The molecule has 1 aliphatic rings. The Balaban J connectivity index is 2.91. The zero-order chi connectivity index (χ0) is 17.1. The monoisotopic (exact) mass is 311 g/mol. The summed E-state index contributed by atoms with van der Waals surface area (Å²) in [6, 6.07) is -0.199. The molecule has 0 aromatic heterocycles. The summed E-state index contributed by atoms with van der Waals surface area (Å²) in [6.45, 7) is 14.6. The number of nitrogens with zero attached hydrogens (tertiary/aromatic N) is 1. The highest BCUT2D eigenvalue weighted by Gasteiger charge is 2.37. The van der Waals surface area contributed by atoms with Crippen molar-refractivity contribution in [1.29, 1.82) is 0 Å². The standard InChI is InChI=1S/C17H29NO4/c1-12-8-10-13(11-9-12)18(14(19)21-16(2,3)4)15(20)22-17(5,6)7/h13H,1,8-11H2,2-7H3. The first-order valence-corrected chi connectivity index (χ1v) is 7.81. The number of imide groups is 1. The van der Waals surface area contributed by atoms with Crippen molar-refractivity contribution < 1.29 is 19.1 Å². The predicted molar refractivity (Wildman–Crippen MR) is 85.7 cm³/mol. The van der Waals surface area contributed by atoms with Crippen LogP contribution in [0.4, 0.5) is 9.59 Å². The summed E-state index contributed by atoms with van der Waals surface area (Å²) in [5, 5.41) is 0. The van der Waals surface area contributed by atoms with E-state index in [1.165, 1.54) is 0 Å². The molecule has 5 nitrogen and oxygen atoms in total. The highest BCUT2D eigenvalue weighted by Crippen LogP contribution is 2.28. The molecule has 5 heteroatoms. The summed E-state index contributed by atoms with van der Waals surface area (Å²) in [5.74, 6) is 0. The molecule has 0 radical (unpaired) electrons. The molecule has 0 aromatic rings. The molecule has 126 valence electrons. The smallest absolute Gasteiger partial charge is 0.420 e. The van der Waals surface area contributed by atoms with Gasteiger partial charge in [-0.25, -0.2) is 14.5 Å². The maximum atomic E-state index is 12.4. The van der Waals surface area contributed by atoms with E-state index in [0.29, 0.717) is 12.8 Å². The maximum Gasteiger partial charge on any atom is 0.420 e. The molecule has 0 heterocycles. The molecule has 1 aliphatic carbocycles. The third-order valence-electron chi connectivity index (χ3n) is 3.21. The molecule has 0 unspecified atom stereocenters. The summed E-state index contributed by atoms with van der Waals surface area (Å²) in [5.41, 5.74) is -0.157. The van der Waals surface area contributed by atoms with E-state index in [1.807, 2.05) is 0 Å². The van der Waals surface area contributed by atoms with Crippen molar-refractivity contribution >= 4 is 12.2 Å². The lowest BCUT2D eigenvalue weighted by molar-refractivity contribution is -0.00963. The minimum Gasteiger partial charge on any atom is -0.443 e. The maximum absolute atomic E-state index is 12.4. The van der Waals surface area contributed by atoms with Gasteiger partial charge in [0.15, 0.2) is 0 Å². The SMILES string of the molecule is C=C1CCC(N(C(=O)OC(C)(C)C)C(=O)OC(C)(C)C)CC1. The van der Waals surface area contributed by atoms with Gasteiger partial charge in [-0.05, 0) is 67.2 Å². The van der Waals surface area contributed by atoms with Gasteiger partial charge < -0.3 is 9.47 Å². The van der Waals surface area contributed by atoms with Gasteiger partial charge in [-0.1, -0.05) is 12.2 Å². The van der Waals surface area contributed by atoms with Crippen LogP contribution in [0.15, 0.2) is 12.2 Å². The van der Waals surface area contributed by atoms with Gasteiger partial charge in [0.05, 0.1) is 0 Å². The molecule has 0 N–H and O–H groups in total. The van der Waals surface area contributed by atoms with Crippen molar-refractivity contribution in [3.8, 4) is 0 Å². The number of allylic oxidation sites excluding steroid dienone is 1. The lowest BCUT2D eigenvalue weighted by Crippen LogP contribution is -2.49. The molecule has 1 rings (SSSR count). The van der Waals surface area contributed by atoms with E-state index in [0.717, 1.165) is 23.3 Å². The van der Waals surface area contributed by atoms with Crippen LogP contribution < -0.4 is 0 Å². The van der Waals surface area contributed by atoms with Gasteiger partial charge in [0.25, 0.3) is 0 Å². The molecule has 0 aliphatic heterocycles. The topological polar surface area (TPSA) is 55.8 Å². The van der Waals surface area contributed by atoms with Gasteiger partial charge in [-0.15, -0.1) is 0 Å². The van der Waals surface area contributed by atoms with Crippen LogP contribution in [0, 0.1) is 0 Å². The number of carbonyl (C=O) groups is 2. The Kier molecular flexibility index (Phi) is 5.65. The van der Waals surface area contributed by atoms with Gasteiger partial charge in [0, 0.05) is 6.04 Å². The number of hydrogen-bond donors (Lipinski definition) is 0. The average Bonchev–Trinajstić information content (AvgIpc) is 2.27. The first-order chi connectivity index (χ1) is 9.89. The molecule has 0 aromatic carbocycles. The molecule has 1 fully saturated rings. The molecule has 0 atom stereocenters. The van der Waals surface area contributed by atoms with Gasteiger partial charge in [0.1, 0.15) is 11.2 Å². The summed E-state index contributed by atoms with van der Waals surface area (Å²) in [4.78, 5) is 26.0. The van der Waals surface area contributed by atoms with Crippen molar-refractivity contribution in [2.75, 3.05) is 0 Å². The van der Waals surface area contributed by atoms with E-state index >= 15 is 0 Å². The Bertz CT molecular complexity index is 405. The minimum absolute atomic E-state index is 0.199. The summed E-state index contributed by atoms with van der Waals surface area (Å²) in [6.07, 6.45) is 1.76. The number of ether oxygens (including phenoxy) is 2. The Morgan fingerprint density at radius 1 is 0.955 bits per heavy atom. The quantitative estimate of drug-likeness (QED) is 0.661. The van der Waals surface area contributed by atoms with Crippen molar-refractivity contribution in [2.24, 2.45) is 0 Å². The minimum atomic E-state index is -0.657. The Morgan fingerprint density at radius 3 is 1.64 bits per heavy atom. The van der Waals surface area contributed by atoms with Crippen LogP contribution in [0.25, 0.3) is 0 Å². The highest BCUT2D eigenvalue weighted by molar-refractivity contribution is 5.88. The third-order valence-corrected chi connectivity index (χ3v) is 3.21. The van der Waals surface area contributed by atoms with Crippen LogP contribution in [0.2, 0.25) is 0 Å². The van der Waals surface area contributed by atoms with Gasteiger partial charge in [0.2, 0.25) is 0 Å². The Labute approximate surface area is 133 Å². The van der Waals surface area contributed by atoms with E-state index in [2.05, 4.69) is 6.58 Å². The fourth-order valence-electron chi connectivity index (χ4n) is 2.26.